The minimum Gasteiger partial charge on any atom is -0.487 e. The monoisotopic (exact) mass is 589 g/mol. The number of hydrogen-bond donors (Lipinski definition) is 1. The molecule has 7 rings (SSSR count). The lowest BCUT2D eigenvalue weighted by atomic mass is 10.0. The molecule has 1 fully saturated rings. The zero-order valence-electron chi connectivity index (χ0n) is 24.2. The van der Waals surface area contributed by atoms with E-state index in [2.05, 4.69) is 4.98 Å². The van der Waals surface area contributed by atoms with Crippen LogP contribution in [0.1, 0.15) is 36.8 Å². The summed E-state index contributed by atoms with van der Waals surface area (Å²) in [6.07, 6.45) is 0. The molecule has 0 spiro atoms. The van der Waals surface area contributed by atoms with Gasteiger partial charge >= 0.3 is 5.97 Å². The summed E-state index contributed by atoms with van der Waals surface area (Å²) < 4.78 is 36.9. The molecule has 2 heterocycles. The van der Waals surface area contributed by atoms with E-state index in [0.29, 0.717) is 33.8 Å². The molecule has 0 amide bonds. The predicted molar refractivity (Wildman–Crippen MR) is 164 cm³/mol. The maximum absolute atomic E-state index is 15.5. The topological polar surface area (TPSA) is 77.2 Å². The molecule has 0 saturated heterocycles. The van der Waals surface area contributed by atoms with Crippen LogP contribution >= 0.6 is 0 Å². The van der Waals surface area contributed by atoms with Gasteiger partial charge in [0, 0.05) is 22.9 Å². The first-order valence-electron chi connectivity index (χ1n) is 14.4. The molecular weight excluding hydrogens is 560 g/mol. The summed E-state index contributed by atoms with van der Waals surface area (Å²) in [5, 5.41) is 11.0. The Morgan fingerprint density at radius 1 is 0.886 bits per heavy atom. The van der Waals surface area contributed by atoms with Crippen LogP contribution in [0.25, 0.3) is 33.1 Å². The second-order valence-electron chi connectivity index (χ2n) is 11.9. The van der Waals surface area contributed by atoms with E-state index in [1.54, 1.807) is 24.3 Å². The summed E-state index contributed by atoms with van der Waals surface area (Å²) in [6, 6.07) is 28.3. The first kappa shape index (κ1) is 27.7. The molecule has 1 N–H and O–H groups in total. The van der Waals surface area contributed by atoms with Gasteiger partial charge in [-0.05, 0) is 59.0 Å². The number of hydrogen-bond acceptors (Lipinski definition) is 4. The van der Waals surface area contributed by atoms with Crippen molar-refractivity contribution in [3.8, 4) is 16.9 Å². The quantitative estimate of drug-likeness (QED) is 0.195. The summed E-state index contributed by atoms with van der Waals surface area (Å²) in [4.78, 5) is 21.7. The highest BCUT2D eigenvalue weighted by atomic mass is 19.1. The standard InChI is InChI=1S/C36H29F2N3O3/c1-36(2)32(33(36)35(42)43)34-40-30-18-27(44-20-26-14-11-22-5-3-4-6-29(22)39-26)15-16-31(30)41(34)19-24-8-7-23(17-28(24)38)21-9-12-25(37)13-10-21/h3-18,32-33H,19-20H2,1-2H3,(H,42,43)/t32?,33-/m1/s1. The number of benzene rings is 4. The number of carbonyl (C=O) groups is 1. The average molecular weight is 590 g/mol. The molecular formula is C36H29F2N3O3. The van der Waals surface area contributed by atoms with Gasteiger partial charge in [0.15, 0.2) is 0 Å². The number of halogens is 2. The number of para-hydroxylation sites is 1. The Bertz CT molecular complexity index is 2050. The van der Waals surface area contributed by atoms with Crippen LogP contribution in [0.3, 0.4) is 0 Å². The highest BCUT2D eigenvalue weighted by Crippen LogP contribution is 2.64. The Labute approximate surface area is 252 Å². The summed E-state index contributed by atoms with van der Waals surface area (Å²) in [6.45, 7) is 4.28. The zero-order valence-corrected chi connectivity index (χ0v) is 24.2. The van der Waals surface area contributed by atoms with Gasteiger partial charge in [0.25, 0.3) is 0 Å². The smallest absolute Gasteiger partial charge is 0.307 e. The highest BCUT2D eigenvalue weighted by Gasteiger charge is 2.64. The molecule has 1 aliphatic carbocycles. The van der Waals surface area contributed by atoms with E-state index >= 15 is 4.39 Å². The van der Waals surface area contributed by atoms with E-state index in [-0.39, 0.29) is 24.9 Å². The molecule has 1 unspecified atom stereocenters. The third-order valence-corrected chi connectivity index (χ3v) is 8.72. The minimum absolute atomic E-state index is 0.168. The van der Waals surface area contributed by atoms with Crippen molar-refractivity contribution in [3.05, 3.63) is 126 Å². The molecule has 0 bridgehead atoms. The molecule has 6 aromatic rings. The maximum atomic E-state index is 15.5. The van der Waals surface area contributed by atoms with E-state index in [4.69, 9.17) is 9.72 Å². The zero-order chi connectivity index (χ0) is 30.6. The molecule has 0 aliphatic heterocycles. The average Bonchev–Trinajstić information content (AvgIpc) is 3.43. The normalized spacial score (nSPS) is 17.2. The lowest BCUT2D eigenvalue weighted by Gasteiger charge is -2.13. The number of rotatable bonds is 8. The predicted octanol–water partition coefficient (Wildman–Crippen LogP) is 7.98. The molecule has 2 atom stereocenters. The van der Waals surface area contributed by atoms with Gasteiger partial charge in [-0.2, -0.15) is 0 Å². The van der Waals surface area contributed by atoms with Crippen molar-refractivity contribution < 1.29 is 23.4 Å². The summed E-state index contributed by atoms with van der Waals surface area (Å²) in [5.74, 6) is -1.37. The van der Waals surface area contributed by atoms with Crippen molar-refractivity contribution in [1.29, 1.82) is 0 Å². The van der Waals surface area contributed by atoms with Gasteiger partial charge in [-0.25, -0.2) is 18.7 Å². The molecule has 2 aromatic heterocycles. The third-order valence-electron chi connectivity index (χ3n) is 8.72. The van der Waals surface area contributed by atoms with Gasteiger partial charge in [0.1, 0.15) is 29.8 Å². The van der Waals surface area contributed by atoms with Crippen molar-refractivity contribution in [2.45, 2.75) is 32.9 Å². The van der Waals surface area contributed by atoms with Gasteiger partial charge in [0.05, 0.1) is 34.7 Å². The lowest BCUT2D eigenvalue weighted by molar-refractivity contribution is -0.139. The molecule has 8 heteroatoms. The second-order valence-corrected chi connectivity index (χ2v) is 11.9. The first-order chi connectivity index (χ1) is 21.2. The molecule has 1 aliphatic rings. The fourth-order valence-electron chi connectivity index (χ4n) is 6.22. The van der Waals surface area contributed by atoms with Gasteiger partial charge < -0.3 is 14.4 Å². The van der Waals surface area contributed by atoms with Crippen LogP contribution in [0.4, 0.5) is 8.78 Å². The Kier molecular flexibility index (Phi) is 6.65. The number of carboxylic acids is 1. The first-order valence-corrected chi connectivity index (χ1v) is 14.4. The van der Waals surface area contributed by atoms with Crippen LogP contribution in [0.2, 0.25) is 0 Å². The van der Waals surface area contributed by atoms with E-state index in [1.807, 2.05) is 73.0 Å². The number of carboxylic acid groups (broad SMARTS) is 1. The third kappa shape index (κ3) is 4.96. The Hall–Kier alpha value is -5.11. The molecule has 44 heavy (non-hydrogen) atoms. The Morgan fingerprint density at radius 3 is 2.41 bits per heavy atom. The SMILES string of the molecule is CC1(C)C(c2nc3cc(OCc4ccc5ccccc5n4)ccc3n2Cc2ccc(-c3ccc(F)cc3)cc2F)[C@@H]1C(=O)O. The van der Waals surface area contributed by atoms with Crippen molar-refractivity contribution in [2.24, 2.45) is 11.3 Å². The Balaban J connectivity index is 1.21. The minimum atomic E-state index is -0.875. The van der Waals surface area contributed by atoms with Gasteiger partial charge in [-0.3, -0.25) is 4.79 Å². The number of imidazole rings is 1. The number of ether oxygens (including phenoxy) is 1. The lowest BCUT2D eigenvalue weighted by Crippen LogP contribution is -2.08. The molecule has 4 aromatic carbocycles. The number of pyridine rings is 1. The van der Waals surface area contributed by atoms with Crippen LogP contribution in [-0.4, -0.2) is 25.6 Å². The summed E-state index contributed by atoms with van der Waals surface area (Å²) in [7, 11) is 0. The fourth-order valence-corrected chi connectivity index (χ4v) is 6.22. The number of nitrogens with zero attached hydrogens (tertiary/aromatic N) is 3. The second kappa shape index (κ2) is 10.6. The largest absolute Gasteiger partial charge is 0.487 e. The summed E-state index contributed by atoms with van der Waals surface area (Å²) >= 11 is 0. The highest BCUT2D eigenvalue weighted by molar-refractivity contribution is 5.81. The fraction of sp³-hybridized carbons (Fsp3) is 0.194. The van der Waals surface area contributed by atoms with Gasteiger partial charge in [-0.15, -0.1) is 0 Å². The van der Waals surface area contributed by atoms with Crippen molar-refractivity contribution in [2.75, 3.05) is 0 Å². The maximum Gasteiger partial charge on any atom is 0.307 e. The number of aromatic nitrogens is 3. The van der Waals surface area contributed by atoms with Crippen molar-refractivity contribution in [1.82, 2.24) is 14.5 Å². The van der Waals surface area contributed by atoms with Crippen LogP contribution in [0.15, 0.2) is 97.1 Å². The van der Waals surface area contributed by atoms with E-state index < -0.39 is 23.1 Å². The summed E-state index contributed by atoms with van der Waals surface area (Å²) in [5.41, 5.74) is 4.36. The van der Waals surface area contributed by atoms with Gasteiger partial charge in [-0.1, -0.05) is 62.4 Å². The van der Waals surface area contributed by atoms with E-state index in [9.17, 15) is 14.3 Å². The van der Waals surface area contributed by atoms with Crippen LogP contribution < -0.4 is 4.74 Å². The van der Waals surface area contributed by atoms with E-state index in [1.165, 1.54) is 18.2 Å². The van der Waals surface area contributed by atoms with Crippen LogP contribution in [-0.2, 0) is 17.9 Å². The molecule has 1 saturated carbocycles. The molecule has 6 nitrogen and oxygen atoms in total. The molecule has 0 radical (unpaired) electrons. The van der Waals surface area contributed by atoms with E-state index in [0.717, 1.165) is 22.1 Å². The van der Waals surface area contributed by atoms with Crippen LogP contribution in [0, 0.1) is 23.0 Å². The van der Waals surface area contributed by atoms with Crippen LogP contribution in [0.5, 0.6) is 5.75 Å². The van der Waals surface area contributed by atoms with Crippen molar-refractivity contribution >= 4 is 27.9 Å². The number of fused-ring (bicyclic) bond motifs is 2. The van der Waals surface area contributed by atoms with Crippen molar-refractivity contribution in [3.63, 3.8) is 0 Å². The number of aliphatic carboxylic acids is 1. The van der Waals surface area contributed by atoms with Gasteiger partial charge in [0.2, 0.25) is 0 Å². The molecule has 220 valence electrons. The Morgan fingerprint density at radius 2 is 1.66 bits per heavy atom.